The average molecular weight is 811 g/mol. The second-order valence-corrected chi connectivity index (χ2v) is 15.3. The van der Waals surface area contributed by atoms with Crippen LogP contribution in [0.2, 0.25) is 0 Å². The lowest BCUT2D eigenvalue weighted by Gasteiger charge is -2.36. The zero-order valence-corrected chi connectivity index (χ0v) is 34.7. The highest BCUT2D eigenvalue weighted by atomic mass is 31.2. The second-order valence-electron chi connectivity index (χ2n) is 14.1. The molecule has 1 aliphatic heterocycles. The van der Waals surface area contributed by atoms with Gasteiger partial charge in [-0.15, -0.1) is 0 Å². The molecule has 56 heavy (non-hydrogen) atoms. The Hall–Kier alpha value is -2.67. The van der Waals surface area contributed by atoms with E-state index in [1.807, 2.05) is 12.2 Å². The first-order valence-electron chi connectivity index (χ1n) is 20.6. The number of aliphatic hydroxyl groups excluding tert-OH is 3. The number of allylic oxidation sites excluding steroid dienone is 10. The van der Waals surface area contributed by atoms with Crippen molar-refractivity contribution in [3.63, 3.8) is 0 Å². The van der Waals surface area contributed by atoms with Crippen LogP contribution >= 0.6 is 7.82 Å². The Kier molecular flexibility index (Phi) is 30.5. The average Bonchev–Trinajstić information content (AvgIpc) is 3.14. The van der Waals surface area contributed by atoms with Crippen molar-refractivity contribution >= 4 is 19.8 Å². The smallest absolute Gasteiger partial charge is 0.462 e. The van der Waals surface area contributed by atoms with Gasteiger partial charge in [0, 0.05) is 25.2 Å². The third kappa shape index (κ3) is 29.6. The van der Waals surface area contributed by atoms with Crippen LogP contribution in [0.4, 0.5) is 0 Å². The monoisotopic (exact) mass is 810 g/mol. The highest BCUT2D eigenvalue weighted by Crippen LogP contribution is 2.36. The van der Waals surface area contributed by atoms with Gasteiger partial charge in [-0.05, 0) is 70.6 Å². The normalized spacial score (nSPS) is 20.7. The number of rotatable bonds is 32. The molecule has 1 fully saturated rings. The third-order valence-corrected chi connectivity index (χ3v) is 9.49. The summed E-state index contributed by atoms with van der Waals surface area (Å²) in [6, 6.07) is 0. The molecule has 0 radical (unpaired) electrons. The largest absolute Gasteiger partial charge is 0.469 e. The SMILES string of the molecule is CC/C=C\C/C=C\C/C=C\C/C=C\CCCCCCC(=O)O[C@H](COC(=O)CCC/C=C\C[C@H]1[C@@H](O)CC(O)O[C@@H]1/C=C/[C@@H](O)CCCCC)COP(=O)(O)O. The van der Waals surface area contributed by atoms with Crippen LogP contribution in [0.5, 0.6) is 0 Å². The Morgan fingerprint density at radius 3 is 2.07 bits per heavy atom. The quantitative estimate of drug-likeness (QED) is 0.0189. The molecule has 0 aromatic rings. The van der Waals surface area contributed by atoms with Crippen molar-refractivity contribution in [3.8, 4) is 0 Å². The topological polar surface area (TPSA) is 189 Å². The lowest BCUT2D eigenvalue weighted by molar-refractivity contribution is -0.199. The van der Waals surface area contributed by atoms with E-state index in [4.69, 9.17) is 24.0 Å². The number of hydrogen-bond donors (Lipinski definition) is 5. The zero-order valence-electron chi connectivity index (χ0n) is 33.8. The minimum atomic E-state index is -4.83. The summed E-state index contributed by atoms with van der Waals surface area (Å²) in [6.07, 6.45) is 33.8. The van der Waals surface area contributed by atoms with E-state index in [0.717, 1.165) is 70.6 Å². The number of esters is 2. The number of ether oxygens (including phenoxy) is 3. The lowest BCUT2D eigenvalue weighted by Crippen LogP contribution is -2.43. The minimum absolute atomic E-state index is 0.0634. The summed E-state index contributed by atoms with van der Waals surface area (Å²) in [7, 11) is -4.83. The van der Waals surface area contributed by atoms with Crippen LogP contribution in [0.25, 0.3) is 0 Å². The van der Waals surface area contributed by atoms with Crippen LogP contribution in [-0.2, 0) is 32.9 Å². The van der Waals surface area contributed by atoms with Crippen molar-refractivity contribution in [2.75, 3.05) is 13.2 Å². The molecule has 1 heterocycles. The van der Waals surface area contributed by atoms with Gasteiger partial charge in [0.15, 0.2) is 12.4 Å². The molecule has 12 nitrogen and oxygen atoms in total. The van der Waals surface area contributed by atoms with Crippen molar-refractivity contribution in [1.82, 2.24) is 0 Å². The van der Waals surface area contributed by atoms with E-state index in [1.165, 1.54) is 0 Å². The van der Waals surface area contributed by atoms with Gasteiger partial charge in [-0.1, -0.05) is 119 Å². The molecular formula is C43H71O12P. The third-order valence-electron chi connectivity index (χ3n) is 9.00. The van der Waals surface area contributed by atoms with Crippen molar-refractivity contribution in [1.29, 1.82) is 0 Å². The number of aliphatic hydroxyl groups is 3. The Bertz CT molecular complexity index is 1250. The van der Waals surface area contributed by atoms with Gasteiger partial charge < -0.3 is 39.3 Å². The van der Waals surface area contributed by atoms with Crippen LogP contribution in [0.3, 0.4) is 0 Å². The van der Waals surface area contributed by atoms with Crippen molar-refractivity contribution < 1.29 is 58.0 Å². The fourth-order valence-electron chi connectivity index (χ4n) is 5.87. The zero-order chi connectivity index (χ0) is 41.3. The van der Waals surface area contributed by atoms with E-state index in [0.29, 0.717) is 32.1 Å². The van der Waals surface area contributed by atoms with Crippen molar-refractivity contribution in [3.05, 3.63) is 72.9 Å². The summed E-state index contributed by atoms with van der Waals surface area (Å²) in [5.41, 5.74) is 0. The molecule has 0 saturated carbocycles. The van der Waals surface area contributed by atoms with Gasteiger partial charge in [0.25, 0.3) is 0 Å². The first-order valence-corrected chi connectivity index (χ1v) is 22.2. The van der Waals surface area contributed by atoms with Crippen LogP contribution < -0.4 is 0 Å². The molecule has 13 heteroatoms. The standard InChI is InChI=1S/C43H71O12P/c1-3-5-7-8-9-10-11-12-13-14-15-16-17-18-19-20-26-30-42(47)54-37(35-53-56(49,50)51)34-52-41(46)29-25-22-21-24-28-38-39(45)33-43(48)55-40(38)32-31-36(44)27-23-6-4-2/h5,7,9-10,12-13,15-16,21,24,31-32,36-40,43-45,48H,3-4,6,8,11,14,17-20,22-23,25-30,33-35H2,1-2H3,(H2,49,50,51)/b7-5-,10-9-,13-12-,16-15-,24-21-,32-31+/t36-,37+,38-,39-,40+,43?/m0/s1. The number of carbonyl (C=O) groups excluding carboxylic acids is 2. The van der Waals surface area contributed by atoms with E-state index in [2.05, 4.69) is 67.0 Å². The molecule has 1 rings (SSSR count). The summed E-state index contributed by atoms with van der Waals surface area (Å²) >= 11 is 0. The van der Waals surface area contributed by atoms with Gasteiger partial charge >= 0.3 is 19.8 Å². The van der Waals surface area contributed by atoms with E-state index < -0.39 is 63.7 Å². The van der Waals surface area contributed by atoms with E-state index in [-0.39, 0.29) is 25.2 Å². The summed E-state index contributed by atoms with van der Waals surface area (Å²) in [5.74, 6) is -1.43. The number of phosphoric acid groups is 1. The molecule has 320 valence electrons. The fraction of sp³-hybridized carbons (Fsp3) is 0.674. The molecule has 0 aliphatic carbocycles. The van der Waals surface area contributed by atoms with Crippen LogP contribution in [0.1, 0.15) is 136 Å². The van der Waals surface area contributed by atoms with Crippen LogP contribution in [0, 0.1) is 5.92 Å². The molecule has 1 aliphatic rings. The van der Waals surface area contributed by atoms with Crippen molar-refractivity contribution in [2.45, 2.75) is 167 Å². The number of phosphoric ester groups is 1. The van der Waals surface area contributed by atoms with Gasteiger partial charge in [-0.2, -0.15) is 0 Å². The molecule has 0 spiro atoms. The molecule has 5 N–H and O–H groups in total. The van der Waals surface area contributed by atoms with Gasteiger partial charge in [-0.25, -0.2) is 4.57 Å². The van der Waals surface area contributed by atoms with E-state index in [1.54, 1.807) is 12.2 Å². The first-order chi connectivity index (χ1) is 26.9. The maximum Gasteiger partial charge on any atom is 0.469 e. The van der Waals surface area contributed by atoms with Gasteiger partial charge in [0.05, 0.1) is 24.9 Å². The molecule has 0 bridgehead atoms. The number of carbonyl (C=O) groups is 2. The highest BCUT2D eigenvalue weighted by molar-refractivity contribution is 7.46. The highest BCUT2D eigenvalue weighted by Gasteiger charge is 2.35. The predicted molar refractivity (Wildman–Crippen MR) is 219 cm³/mol. The maximum atomic E-state index is 12.4. The molecule has 0 aromatic carbocycles. The lowest BCUT2D eigenvalue weighted by atomic mass is 9.87. The van der Waals surface area contributed by atoms with Crippen LogP contribution in [0.15, 0.2) is 72.9 Å². The Labute approximate surface area is 335 Å². The molecule has 0 aromatic heterocycles. The molecule has 0 amide bonds. The van der Waals surface area contributed by atoms with E-state index in [9.17, 15) is 29.5 Å². The summed E-state index contributed by atoms with van der Waals surface area (Å²) in [5, 5.41) is 30.8. The van der Waals surface area contributed by atoms with E-state index >= 15 is 0 Å². The molecule has 6 atom stereocenters. The van der Waals surface area contributed by atoms with Crippen LogP contribution in [-0.4, -0.2) is 81.0 Å². The van der Waals surface area contributed by atoms with Gasteiger partial charge in [0.1, 0.15) is 6.61 Å². The molecule has 1 saturated heterocycles. The Morgan fingerprint density at radius 2 is 1.39 bits per heavy atom. The van der Waals surface area contributed by atoms with Crippen molar-refractivity contribution in [2.24, 2.45) is 5.92 Å². The molecule has 1 unspecified atom stereocenters. The Balaban J connectivity index is 2.35. The first kappa shape index (κ1) is 51.3. The van der Waals surface area contributed by atoms with Gasteiger partial charge in [-0.3, -0.25) is 14.1 Å². The number of hydrogen-bond acceptors (Lipinski definition) is 10. The minimum Gasteiger partial charge on any atom is -0.462 e. The number of unbranched alkanes of at least 4 members (excludes halogenated alkanes) is 7. The Morgan fingerprint density at radius 1 is 0.768 bits per heavy atom. The van der Waals surface area contributed by atoms with Gasteiger partial charge in [0.2, 0.25) is 0 Å². The fourth-order valence-corrected chi connectivity index (χ4v) is 6.23. The predicted octanol–water partition coefficient (Wildman–Crippen LogP) is 8.39. The maximum absolute atomic E-state index is 12.4. The molecular weight excluding hydrogens is 739 g/mol. The summed E-state index contributed by atoms with van der Waals surface area (Å²) < 4.78 is 32.0. The second kappa shape index (κ2) is 33.3. The summed E-state index contributed by atoms with van der Waals surface area (Å²) in [6.45, 7) is 3.20. The summed E-state index contributed by atoms with van der Waals surface area (Å²) in [4.78, 5) is 43.1.